The summed E-state index contributed by atoms with van der Waals surface area (Å²) in [6.07, 6.45) is 6.91. The Morgan fingerprint density at radius 2 is 1.93 bits per heavy atom. The Bertz CT molecular complexity index is 1820. The molecule has 4 aromatic rings. The number of nitrogens with two attached hydrogens (primary N) is 1. The van der Waals surface area contributed by atoms with Crippen molar-refractivity contribution in [1.29, 1.82) is 0 Å². The van der Waals surface area contributed by atoms with Crippen LogP contribution in [0.15, 0.2) is 53.6 Å². The average Bonchev–Trinajstić information content (AvgIpc) is 3.37. The highest BCUT2D eigenvalue weighted by Crippen LogP contribution is 2.39. The zero-order valence-electron chi connectivity index (χ0n) is 24.2. The number of halogens is 1. The van der Waals surface area contributed by atoms with E-state index in [1.54, 1.807) is 24.3 Å². The number of sulfonamides is 1. The van der Waals surface area contributed by atoms with Crippen LogP contribution in [0.5, 0.6) is 5.88 Å². The summed E-state index contributed by atoms with van der Waals surface area (Å²) in [6, 6.07) is 10.3. The number of anilines is 2. The average molecular weight is 624 g/mol. The molecule has 0 bridgehead atoms. The van der Waals surface area contributed by atoms with E-state index in [-0.39, 0.29) is 27.5 Å². The summed E-state index contributed by atoms with van der Waals surface area (Å²) in [5.74, 6) is 1.48. The van der Waals surface area contributed by atoms with E-state index in [9.17, 15) is 8.42 Å². The molecule has 1 aliphatic carbocycles. The number of ether oxygens (including phenoxy) is 2. The molecule has 2 aliphatic rings. The number of aromatic nitrogens is 4. The molecular formula is C30H34ClN7O4S. The van der Waals surface area contributed by atoms with Gasteiger partial charge in [0, 0.05) is 12.0 Å². The predicted octanol–water partition coefficient (Wildman–Crippen LogP) is 4.88. The minimum absolute atomic E-state index is 0.0502. The van der Waals surface area contributed by atoms with Gasteiger partial charge in [-0.1, -0.05) is 43.7 Å². The van der Waals surface area contributed by atoms with Crippen LogP contribution in [0.25, 0.3) is 22.3 Å². The number of hydrogen-bond donors (Lipinski definition) is 3. The second-order valence-corrected chi connectivity index (χ2v) is 13.1. The molecule has 3 aromatic heterocycles. The Labute approximate surface area is 255 Å². The Balaban J connectivity index is 1.39. The zero-order chi connectivity index (χ0) is 30.3. The van der Waals surface area contributed by atoms with E-state index in [2.05, 4.69) is 44.3 Å². The molecule has 43 heavy (non-hydrogen) atoms. The van der Waals surface area contributed by atoms with E-state index < -0.39 is 10.0 Å². The van der Waals surface area contributed by atoms with Crippen molar-refractivity contribution in [3.8, 4) is 17.1 Å². The van der Waals surface area contributed by atoms with E-state index >= 15 is 0 Å². The van der Waals surface area contributed by atoms with Gasteiger partial charge in [0.15, 0.2) is 0 Å². The quantitative estimate of drug-likeness (QED) is 0.237. The van der Waals surface area contributed by atoms with Crippen LogP contribution < -0.4 is 20.5 Å². The lowest BCUT2D eigenvalue weighted by atomic mass is 9.92. The van der Waals surface area contributed by atoms with Gasteiger partial charge in [-0.25, -0.2) is 18.4 Å². The molecule has 0 unspecified atom stereocenters. The van der Waals surface area contributed by atoms with Gasteiger partial charge < -0.3 is 20.5 Å². The number of nitrogens with zero attached hydrogens (tertiary/aromatic N) is 4. The fourth-order valence-electron chi connectivity index (χ4n) is 5.54. The second kappa shape index (κ2) is 11.8. The van der Waals surface area contributed by atoms with E-state index in [0.29, 0.717) is 34.7 Å². The SMILES string of the molecule is COc1nc(NS(=O)(=O)c2ccccc2Cl)ccc1-c1nc(C(C)C)n2c(C3=CC[C@H](NC4COC4)CC3)cnc(N)c12. The third-order valence-corrected chi connectivity index (χ3v) is 9.61. The van der Waals surface area contributed by atoms with Gasteiger partial charge in [-0.2, -0.15) is 4.98 Å². The first-order chi connectivity index (χ1) is 20.7. The number of nitrogen functional groups attached to an aromatic ring is 1. The topological polar surface area (TPSA) is 146 Å². The van der Waals surface area contributed by atoms with Gasteiger partial charge in [-0.3, -0.25) is 9.12 Å². The van der Waals surface area contributed by atoms with Crippen molar-refractivity contribution in [3.05, 3.63) is 65.2 Å². The minimum Gasteiger partial charge on any atom is -0.480 e. The van der Waals surface area contributed by atoms with E-state index in [0.717, 1.165) is 44.0 Å². The summed E-state index contributed by atoms with van der Waals surface area (Å²) < 4.78 is 41.6. The molecule has 0 saturated carbocycles. The van der Waals surface area contributed by atoms with Crippen LogP contribution in [0.4, 0.5) is 11.6 Å². The van der Waals surface area contributed by atoms with Gasteiger partial charge >= 0.3 is 0 Å². The maximum atomic E-state index is 13.0. The Hall–Kier alpha value is -3.71. The Morgan fingerprint density at radius 1 is 1.14 bits per heavy atom. The number of methoxy groups -OCH3 is 1. The van der Waals surface area contributed by atoms with Crippen molar-refractivity contribution in [3.63, 3.8) is 0 Å². The van der Waals surface area contributed by atoms with Gasteiger partial charge in [0.25, 0.3) is 10.0 Å². The van der Waals surface area contributed by atoms with Gasteiger partial charge in [0.05, 0.1) is 48.8 Å². The Morgan fingerprint density at radius 3 is 2.58 bits per heavy atom. The van der Waals surface area contributed by atoms with Gasteiger partial charge in [-0.05, 0) is 49.1 Å². The number of fused-ring (bicyclic) bond motifs is 1. The molecule has 1 saturated heterocycles. The van der Waals surface area contributed by atoms with Crippen LogP contribution in [-0.2, 0) is 14.8 Å². The van der Waals surface area contributed by atoms with Gasteiger partial charge in [-0.15, -0.1) is 0 Å². The summed E-state index contributed by atoms with van der Waals surface area (Å²) in [5.41, 5.74) is 10.4. The molecule has 4 N–H and O–H groups in total. The first-order valence-electron chi connectivity index (χ1n) is 14.2. The molecule has 1 fully saturated rings. The number of benzene rings is 1. The lowest BCUT2D eigenvalue weighted by Crippen LogP contribution is -2.50. The number of pyridine rings is 1. The fourth-order valence-corrected chi connectivity index (χ4v) is 7.06. The third kappa shape index (κ3) is 5.67. The van der Waals surface area contributed by atoms with Crippen LogP contribution in [0.1, 0.15) is 50.5 Å². The zero-order valence-corrected chi connectivity index (χ0v) is 25.7. The largest absolute Gasteiger partial charge is 0.480 e. The third-order valence-electron chi connectivity index (χ3n) is 7.75. The molecular weight excluding hydrogens is 590 g/mol. The lowest BCUT2D eigenvalue weighted by molar-refractivity contribution is -0.0103. The van der Waals surface area contributed by atoms with Crippen molar-refractivity contribution < 1.29 is 17.9 Å². The molecule has 1 atom stereocenters. The molecule has 13 heteroatoms. The summed E-state index contributed by atoms with van der Waals surface area (Å²) >= 11 is 6.14. The smallest absolute Gasteiger partial charge is 0.264 e. The van der Waals surface area contributed by atoms with E-state index in [1.807, 2.05) is 6.20 Å². The monoisotopic (exact) mass is 623 g/mol. The molecule has 4 heterocycles. The van der Waals surface area contributed by atoms with E-state index in [4.69, 9.17) is 31.8 Å². The van der Waals surface area contributed by atoms with Crippen LogP contribution in [-0.4, -0.2) is 60.2 Å². The van der Waals surface area contributed by atoms with Crippen LogP contribution in [0.3, 0.4) is 0 Å². The van der Waals surface area contributed by atoms with Crippen LogP contribution >= 0.6 is 11.6 Å². The van der Waals surface area contributed by atoms with Crippen molar-refractivity contribution in [2.75, 3.05) is 30.8 Å². The van der Waals surface area contributed by atoms with Gasteiger partial charge in [0.1, 0.15) is 33.6 Å². The van der Waals surface area contributed by atoms with Crippen LogP contribution in [0.2, 0.25) is 5.02 Å². The number of rotatable bonds is 9. The molecule has 1 aromatic carbocycles. The summed E-state index contributed by atoms with van der Waals surface area (Å²) in [5, 5.41) is 3.78. The second-order valence-electron chi connectivity index (χ2n) is 11.1. The number of allylic oxidation sites excluding steroid dienone is 1. The number of imidazole rings is 1. The lowest BCUT2D eigenvalue weighted by Gasteiger charge is -2.33. The molecule has 11 nitrogen and oxygen atoms in total. The fraction of sp³-hybridized carbons (Fsp3) is 0.367. The highest BCUT2D eigenvalue weighted by Gasteiger charge is 2.28. The highest BCUT2D eigenvalue weighted by molar-refractivity contribution is 7.92. The molecule has 1 aliphatic heterocycles. The van der Waals surface area contributed by atoms with Gasteiger partial charge in [0.2, 0.25) is 5.88 Å². The summed E-state index contributed by atoms with van der Waals surface area (Å²) in [7, 11) is -2.52. The maximum Gasteiger partial charge on any atom is 0.264 e. The highest BCUT2D eigenvalue weighted by atomic mass is 35.5. The summed E-state index contributed by atoms with van der Waals surface area (Å²) in [4.78, 5) is 14.0. The van der Waals surface area contributed by atoms with Crippen molar-refractivity contribution in [2.24, 2.45) is 0 Å². The van der Waals surface area contributed by atoms with Crippen molar-refractivity contribution in [2.45, 2.75) is 56.0 Å². The van der Waals surface area contributed by atoms with E-state index in [1.165, 1.54) is 24.8 Å². The molecule has 226 valence electrons. The first-order valence-corrected chi connectivity index (χ1v) is 16.0. The first kappa shape index (κ1) is 29.4. The maximum absolute atomic E-state index is 13.0. The summed E-state index contributed by atoms with van der Waals surface area (Å²) in [6.45, 7) is 5.71. The Kier molecular flexibility index (Phi) is 8.03. The molecule has 0 amide bonds. The molecule has 0 spiro atoms. The number of nitrogens with one attached hydrogen (secondary N) is 2. The minimum atomic E-state index is -3.99. The normalized spacial score (nSPS) is 17.6. The molecule has 0 radical (unpaired) electrons. The van der Waals surface area contributed by atoms with Crippen molar-refractivity contribution >= 4 is 44.3 Å². The predicted molar refractivity (Wildman–Crippen MR) is 167 cm³/mol. The van der Waals surface area contributed by atoms with Crippen LogP contribution in [0, 0.1) is 0 Å². The number of hydrogen-bond acceptors (Lipinski definition) is 9. The standard InChI is InChI=1S/C30H34ClN7O4S/c1-17(2)29-36-26(21-12-13-25(35-30(21)41-3)37-43(39,40)24-7-5-4-6-22(24)31)27-28(32)33-14-23(38(27)29)18-8-10-19(11-9-18)34-20-15-42-16-20/h4-8,12-14,17,19-20,34H,9-11,15-16H2,1-3H3,(H2,32,33)(H,35,37)/t19-/m0/s1. The van der Waals surface area contributed by atoms with Crippen molar-refractivity contribution in [1.82, 2.24) is 24.7 Å². The molecule has 6 rings (SSSR count).